The number of rotatable bonds is 2. The van der Waals surface area contributed by atoms with Gasteiger partial charge in [-0.2, -0.15) is 0 Å². The van der Waals surface area contributed by atoms with E-state index in [4.69, 9.17) is 5.11 Å². The highest BCUT2D eigenvalue weighted by Crippen LogP contribution is 2.48. The molecule has 0 saturated carbocycles. The smallest absolute Gasteiger partial charge is 0.311 e. The second kappa shape index (κ2) is 5.32. The van der Waals surface area contributed by atoms with Gasteiger partial charge in [-0.25, -0.2) is 0 Å². The van der Waals surface area contributed by atoms with Crippen LogP contribution < -0.4 is 5.30 Å². The number of carboxylic acid groups (broad SMARTS) is 1. The molecule has 1 aromatic carbocycles. The van der Waals surface area contributed by atoms with Gasteiger partial charge in [0.25, 0.3) is 0 Å². The predicted molar refractivity (Wildman–Crippen MR) is 64.3 cm³/mol. The molecule has 0 bridgehead atoms. The lowest BCUT2D eigenvalue weighted by molar-refractivity contribution is -0.136. The van der Waals surface area contributed by atoms with Crippen molar-refractivity contribution in [2.75, 3.05) is 6.16 Å². The largest absolute Gasteiger partial charge is 0.481 e. The molecule has 0 amide bonds. The zero-order valence-corrected chi connectivity index (χ0v) is 9.36. The summed E-state index contributed by atoms with van der Waals surface area (Å²) in [4.78, 5) is 11.0. The van der Waals surface area contributed by atoms with Gasteiger partial charge >= 0.3 is 5.97 Å². The fourth-order valence-corrected chi connectivity index (χ4v) is 4.72. The quantitative estimate of drug-likeness (QED) is 0.606. The van der Waals surface area contributed by atoms with Crippen LogP contribution in [0.5, 0.6) is 0 Å². The van der Waals surface area contributed by atoms with Crippen molar-refractivity contribution in [1.29, 1.82) is 0 Å². The van der Waals surface area contributed by atoms with Gasteiger partial charge in [-0.1, -0.05) is 38.3 Å². The minimum Gasteiger partial charge on any atom is -0.481 e. The molecule has 1 aromatic rings. The van der Waals surface area contributed by atoms with Crippen LogP contribution in [-0.4, -0.2) is 31.3 Å². The molecule has 0 spiro atoms. The third-order valence-corrected chi connectivity index (χ3v) is 5.62. The van der Waals surface area contributed by atoms with Crippen molar-refractivity contribution in [1.82, 2.24) is 0 Å². The Hall–Kier alpha value is -0.815. The van der Waals surface area contributed by atoms with Gasteiger partial charge < -0.3 is 5.11 Å². The molecule has 4 heteroatoms. The van der Waals surface area contributed by atoms with Crippen LogP contribution in [0, 0.1) is 0 Å². The molecular formula is C11H13BO2P. The minimum atomic E-state index is -0.613. The molecule has 1 aliphatic heterocycles. The molecule has 1 N–H and O–H groups in total. The van der Waals surface area contributed by atoms with Gasteiger partial charge in [0.15, 0.2) is 0 Å². The van der Waals surface area contributed by atoms with Crippen molar-refractivity contribution >= 4 is 27.6 Å². The third-order valence-electron chi connectivity index (χ3n) is 2.63. The summed E-state index contributed by atoms with van der Waals surface area (Å²) in [5.41, 5.74) is -0.104. The Bertz CT molecular complexity index is 329. The Balaban J connectivity index is 0.00000112. The van der Waals surface area contributed by atoms with Gasteiger partial charge in [0, 0.05) is 8.41 Å². The van der Waals surface area contributed by atoms with Crippen LogP contribution in [0.4, 0.5) is 0 Å². The Kier molecular flexibility index (Phi) is 4.35. The Labute approximate surface area is 93.0 Å². The fraction of sp³-hybridized carbons (Fsp3) is 0.364. The molecule has 3 radical (unpaired) electrons. The zero-order chi connectivity index (χ0) is 9.97. The molecule has 1 saturated heterocycles. The first-order chi connectivity index (χ1) is 6.79. The third kappa shape index (κ3) is 2.60. The maximum atomic E-state index is 11.0. The molecule has 2 unspecified atom stereocenters. The minimum absolute atomic E-state index is 0. The lowest BCUT2D eigenvalue weighted by atomic mass is 10.3. The fourth-order valence-electron chi connectivity index (χ4n) is 1.95. The van der Waals surface area contributed by atoms with Gasteiger partial charge in [-0.05, 0) is 24.3 Å². The van der Waals surface area contributed by atoms with Crippen molar-refractivity contribution in [2.45, 2.75) is 18.5 Å². The second-order valence-corrected chi connectivity index (χ2v) is 6.05. The maximum Gasteiger partial charge on any atom is 0.311 e. The van der Waals surface area contributed by atoms with Crippen LogP contribution in [0.2, 0.25) is 0 Å². The van der Waals surface area contributed by atoms with E-state index in [1.807, 2.05) is 18.2 Å². The first-order valence-electron chi connectivity index (χ1n) is 4.83. The Morgan fingerprint density at radius 3 is 2.60 bits per heavy atom. The molecule has 2 rings (SSSR count). The standard InChI is InChI=1S/C11H13O2P.B/c12-11(13)10-7-4-8-14(10)9-5-2-1-3-6-9;/h1-3,5-6,10H,4,7-8H2,(H,12,13);. The second-order valence-electron chi connectivity index (χ2n) is 3.53. The Morgan fingerprint density at radius 2 is 2.00 bits per heavy atom. The highest BCUT2D eigenvalue weighted by atomic mass is 31.1. The summed E-state index contributed by atoms with van der Waals surface area (Å²) in [5.74, 6) is -0.613. The summed E-state index contributed by atoms with van der Waals surface area (Å²) in [6.07, 6.45) is 3.00. The van der Waals surface area contributed by atoms with Crippen molar-refractivity contribution < 1.29 is 9.90 Å². The molecule has 77 valence electrons. The number of carboxylic acids is 1. The van der Waals surface area contributed by atoms with Gasteiger partial charge in [0.1, 0.15) is 0 Å². The van der Waals surface area contributed by atoms with Gasteiger partial charge in [-0.15, -0.1) is 0 Å². The number of hydrogen-bond acceptors (Lipinski definition) is 1. The molecule has 15 heavy (non-hydrogen) atoms. The van der Waals surface area contributed by atoms with Crippen LogP contribution in [0.1, 0.15) is 12.8 Å². The van der Waals surface area contributed by atoms with Crippen LogP contribution >= 0.6 is 7.92 Å². The monoisotopic (exact) mass is 219 g/mol. The first-order valence-corrected chi connectivity index (χ1v) is 6.43. The molecular weight excluding hydrogens is 206 g/mol. The van der Waals surface area contributed by atoms with Crippen LogP contribution in [0.25, 0.3) is 0 Å². The molecule has 0 aromatic heterocycles. The van der Waals surface area contributed by atoms with E-state index in [0.29, 0.717) is 0 Å². The number of hydrogen-bond donors (Lipinski definition) is 1. The Morgan fingerprint density at radius 1 is 1.33 bits per heavy atom. The van der Waals surface area contributed by atoms with Crippen LogP contribution in [-0.2, 0) is 4.79 Å². The van der Waals surface area contributed by atoms with Gasteiger partial charge in [0.2, 0.25) is 0 Å². The SMILES string of the molecule is O=C(O)C1CCCP1c1ccccc1.[B]. The maximum absolute atomic E-state index is 11.0. The lowest BCUT2D eigenvalue weighted by Crippen LogP contribution is -2.19. The van der Waals surface area contributed by atoms with E-state index in [1.165, 1.54) is 5.30 Å². The van der Waals surface area contributed by atoms with E-state index in [1.54, 1.807) is 0 Å². The molecule has 1 heterocycles. The number of aliphatic carboxylic acids is 1. The number of benzene rings is 1. The van der Waals surface area contributed by atoms with Crippen molar-refractivity contribution in [3.63, 3.8) is 0 Å². The van der Waals surface area contributed by atoms with E-state index in [2.05, 4.69) is 12.1 Å². The number of carbonyl (C=O) groups is 1. The van der Waals surface area contributed by atoms with E-state index >= 15 is 0 Å². The summed E-state index contributed by atoms with van der Waals surface area (Å²) in [6.45, 7) is 0. The molecule has 2 nitrogen and oxygen atoms in total. The predicted octanol–water partition coefficient (Wildman–Crippen LogP) is 1.66. The average Bonchev–Trinajstić information content (AvgIpc) is 2.67. The van der Waals surface area contributed by atoms with E-state index in [-0.39, 0.29) is 14.1 Å². The highest BCUT2D eigenvalue weighted by Gasteiger charge is 2.33. The average molecular weight is 219 g/mol. The van der Waals surface area contributed by atoms with E-state index in [9.17, 15) is 4.79 Å². The van der Waals surface area contributed by atoms with E-state index in [0.717, 1.165) is 19.0 Å². The van der Waals surface area contributed by atoms with Crippen molar-refractivity contribution in [3.05, 3.63) is 30.3 Å². The van der Waals surface area contributed by atoms with Crippen LogP contribution in [0.15, 0.2) is 30.3 Å². The van der Waals surface area contributed by atoms with Crippen LogP contribution in [0.3, 0.4) is 0 Å². The van der Waals surface area contributed by atoms with Crippen molar-refractivity contribution in [2.24, 2.45) is 0 Å². The van der Waals surface area contributed by atoms with Crippen molar-refractivity contribution in [3.8, 4) is 0 Å². The summed E-state index contributed by atoms with van der Waals surface area (Å²) < 4.78 is 0. The molecule has 0 aliphatic carbocycles. The molecule has 1 aliphatic rings. The van der Waals surface area contributed by atoms with Gasteiger partial charge in [0.05, 0.1) is 5.66 Å². The molecule has 2 atom stereocenters. The summed E-state index contributed by atoms with van der Waals surface area (Å²) in [5, 5.41) is 10.3. The van der Waals surface area contributed by atoms with Gasteiger partial charge in [-0.3, -0.25) is 4.79 Å². The lowest BCUT2D eigenvalue weighted by Gasteiger charge is -2.16. The summed E-state index contributed by atoms with van der Waals surface area (Å²) in [6, 6.07) is 10.1. The zero-order valence-electron chi connectivity index (χ0n) is 8.47. The van der Waals surface area contributed by atoms with E-state index < -0.39 is 13.9 Å². The summed E-state index contributed by atoms with van der Waals surface area (Å²) in [7, 11) is -0.443. The highest BCUT2D eigenvalue weighted by molar-refractivity contribution is 7.67. The normalized spacial score (nSPS) is 24.5. The first kappa shape index (κ1) is 12.3. The topological polar surface area (TPSA) is 37.3 Å². The molecule has 1 fully saturated rings. The summed E-state index contributed by atoms with van der Waals surface area (Å²) >= 11 is 0.